The molecule has 0 amide bonds. The summed E-state index contributed by atoms with van der Waals surface area (Å²) in [4.78, 5) is 0. The lowest BCUT2D eigenvalue weighted by molar-refractivity contribution is -0.133. The van der Waals surface area contributed by atoms with Crippen molar-refractivity contribution in [2.45, 2.75) is 19.1 Å². The molecule has 1 aromatic rings. The first kappa shape index (κ1) is 12.8. The molecule has 1 aromatic carbocycles. The van der Waals surface area contributed by atoms with Crippen LogP contribution in [0.2, 0.25) is 0 Å². The molecule has 90 valence electrons. The maximum atomic E-state index is 11.8. The van der Waals surface area contributed by atoms with Crippen molar-refractivity contribution in [2.24, 2.45) is 0 Å². The second-order valence-electron chi connectivity index (χ2n) is 3.39. The molecule has 0 saturated carbocycles. The van der Waals surface area contributed by atoms with Crippen molar-refractivity contribution in [3.05, 3.63) is 29.8 Å². The van der Waals surface area contributed by atoms with Gasteiger partial charge in [0, 0.05) is 13.1 Å². The molecule has 0 fully saturated rings. The third-order valence-corrected chi connectivity index (χ3v) is 2.07. The van der Waals surface area contributed by atoms with Gasteiger partial charge in [-0.05, 0) is 17.7 Å². The average Bonchev–Trinajstić information content (AvgIpc) is 2.24. The number of hydrogen-bond donors (Lipinski definition) is 1. The summed E-state index contributed by atoms with van der Waals surface area (Å²) in [5, 5.41) is 2.73. The van der Waals surface area contributed by atoms with Crippen molar-refractivity contribution >= 4 is 0 Å². The van der Waals surface area contributed by atoms with E-state index in [9.17, 15) is 13.2 Å². The van der Waals surface area contributed by atoms with Crippen LogP contribution in [0.25, 0.3) is 0 Å². The van der Waals surface area contributed by atoms with Crippen molar-refractivity contribution in [1.82, 2.24) is 5.32 Å². The molecular weight excluding hydrogens is 219 g/mol. The second-order valence-corrected chi connectivity index (χ2v) is 3.39. The van der Waals surface area contributed by atoms with Crippen molar-refractivity contribution in [1.29, 1.82) is 0 Å². The van der Waals surface area contributed by atoms with E-state index in [0.29, 0.717) is 6.54 Å². The molecule has 0 aliphatic carbocycles. The number of halogens is 3. The van der Waals surface area contributed by atoms with E-state index in [1.807, 2.05) is 12.1 Å². The summed E-state index contributed by atoms with van der Waals surface area (Å²) in [6.07, 6.45) is -4.89. The van der Waals surface area contributed by atoms with Crippen molar-refractivity contribution in [3.63, 3.8) is 0 Å². The Hall–Kier alpha value is -1.23. The van der Waals surface area contributed by atoms with Crippen LogP contribution in [-0.2, 0) is 6.54 Å². The van der Waals surface area contributed by atoms with Gasteiger partial charge in [-0.25, -0.2) is 0 Å². The molecule has 0 unspecified atom stereocenters. The molecule has 0 aromatic heterocycles. The SMILES string of the molecule is COc1ccc(CNCCC(F)(F)F)cc1. The second kappa shape index (κ2) is 5.75. The lowest BCUT2D eigenvalue weighted by Gasteiger charge is -2.08. The van der Waals surface area contributed by atoms with Gasteiger partial charge < -0.3 is 10.1 Å². The van der Waals surface area contributed by atoms with Crippen LogP contribution in [0.15, 0.2) is 24.3 Å². The van der Waals surface area contributed by atoms with E-state index >= 15 is 0 Å². The molecule has 0 atom stereocenters. The summed E-state index contributed by atoms with van der Waals surface area (Å²) in [5.41, 5.74) is 0.933. The highest BCUT2D eigenvalue weighted by molar-refractivity contribution is 5.26. The third-order valence-electron chi connectivity index (χ3n) is 2.07. The van der Waals surface area contributed by atoms with E-state index in [4.69, 9.17) is 4.74 Å². The molecule has 0 aliphatic rings. The minimum Gasteiger partial charge on any atom is -0.497 e. The number of ether oxygens (including phenoxy) is 1. The van der Waals surface area contributed by atoms with Gasteiger partial charge in [0.05, 0.1) is 13.5 Å². The number of methoxy groups -OCH3 is 1. The van der Waals surface area contributed by atoms with E-state index in [2.05, 4.69) is 5.32 Å². The van der Waals surface area contributed by atoms with Crippen molar-refractivity contribution in [2.75, 3.05) is 13.7 Å². The first-order chi connectivity index (χ1) is 7.51. The molecule has 1 N–H and O–H groups in total. The summed E-state index contributed by atoms with van der Waals surface area (Å²) in [6.45, 7) is 0.371. The summed E-state index contributed by atoms with van der Waals surface area (Å²) in [5.74, 6) is 0.735. The zero-order valence-electron chi connectivity index (χ0n) is 8.97. The van der Waals surface area contributed by atoms with E-state index in [-0.39, 0.29) is 6.54 Å². The van der Waals surface area contributed by atoms with Gasteiger partial charge >= 0.3 is 6.18 Å². The van der Waals surface area contributed by atoms with E-state index < -0.39 is 12.6 Å². The van der Waals surface area contributed by atoms with Crippen LogP contribution in [-0.4, -0.2) is 19.8 Å². The van der Waals surface area contributed by atoms with Crippen LogP contribution >= 0.6 is 0 Å². The predicted molar refractivity (Wildman–Crippen MR) is 55.4 cm³/mol. The Balaban J connectivity index is 2.27. The first-order valence-corrected chi connectivity index (χ1v) is 4.91. The molecule has 0 saturated heterocycles. The van der Waals surface area contributed by atoms with Gasteiger partial charge in [-0.15, -0.1) is 0 Å². The molecule has 1 rings (SSSR count). The molecule has 5 heteroatoms. The van der Waals surface area contributed by atoms with Gasteiger partial charge in [-0.3, -0.25) is 0 Å². The molecule has 0 spiro atoms. The Labute approximate surface area is 92.4 Å². The standard InChI is InChI=1S/C11H14F3NO/c1-16-10-4-2-9(3-5-10)8-15-7-6-11(12,13)14/h2-5,15H,6-8H2,1H3. The number of rotatable bonds is 5. The smallest absolute Gasteiger partial charge is 0.390 e. The zero-order valence-corrected chi connectivity index (χ0v) is 8.97. The summed E-state index contributed by atoms with van der Waals surface area (Å²) >= 11 is 0. The van der Waals surface area contributed by atoms with Gasteiger partial charge in [0.2, 0.25) is 0 Å². The normalized spacial score (nSPS) is 11.5. The Morgan fingerprint density at radius 1 is 1.19 bits per heavy atom. The number of alkyl halides is 3. The summed E-state index contributed by atoms with van der Waals surface area (Å²) < 4.78 is 40.4. The molecule has 0 radical (unpaired) electrons. The lowest BCUT2D eigenvalue weighted by atomic mass is 10.2. The van der Waals surface area contributed by atoms with E-state index in [1.165, 1.54) is 0 Å². The fraction of sp³-hybridized carbons (Fsp3) is 0.455. The Kier molecular flexibility index (Phi) is 4.61. The minimum absolute atomic E-state index is 0.0600. The van der Waals surface area contributed by atoms with Crippen LogP contribution in [0.5, 0.6) is 5.75 Å². The molecule has 2 nitrogen and oxygen atoms in total. The molecule has 0 aliphatic heterocycles. The van der Waals surface area contributed by atoms with Gasteiger partial charge in [0.25, 0.3) is 0 Å². The van der Waals surface area contributed by atoms with Crippen LogP contribution in [0.1, 0.15) is 12.0 Å². The van der Waals surface area contributed by atoms with Crippen molar-refractivity contribution in [3.8, 4) is 5.75 Å². The Bertz CT molecular complexity index is 308. The van der Waals surface area contributed by atoms with Crippen LogP contribution in [0.4, 0.5) is 13.2 Å². The first-order valence-electron chi connectivity index (χ1n) is 4.91. The monoisotopic (exact) mass is 233 g/mol. The van der Waals surface area contributed by atoms with E-state index in [1.54, 1.807) is 19.2 Å². The molecule has 0 bridgehead atoms. The zero-order chi connectivity index (χ0) is 12.0. The molecule has 0 heterocycles. The molecule has 16 heavy (non-hydrogen) atoms. The van der Waals surface area contributed by atoms with Crippen LogP contribution in [0, 0.1) is 0 Å². The summed E-state index contributed by atoms with van der Waals surface area (Å²) in [7, 11) is 1.57. The topological polar surface area (TPSA) is 21.3 Å². The fourth-order valence-electron chi connectivity index (χ4n) is 1.21. The fourth-order valence-corrected chi connectivity index (χ4v) is 1.21. The quantitative estimate of drug-likeness (QED) is 0.789. The number of nitrogens with one attached hydrogen (secondary N) is 1. The van der Waals surface area contributed by atoms with Gasteiger partial charge in [-0.2, -0.15) is 13.2 Å². The number of benzene rings is 1. The number of hydrogen-bond acceptors (Lipinski definition) is 2. The van der Waals surface area contributed by atoms with Gasteiger partial charge in [0.15, 0.2) is 0 Å². The van der Waals surface area contributed by atoms with Gasteiger partial charge in [0.1, 0.15) is 5.75 Å². The maximum absolute atomic E-state index is 11.8. The highest BCUT2D eigenvalue weighted by atomic mass is 19.4. The third kappa shape index (κ3) is 5.02. The van der Waals surface area contributed by atoms with Crippen LogP contribution in [0.3, 0.4) is 0 Å². The average molecular weight is 233 g/mol. The predicted octanol–water partition coefficient (Wildman–Crippen LogP) is 2.74. The Morgan fingerprint density at radius 2 is 1.81 bits per heavy atom. The van der Waals surface area contributed by atoms with E-state index in [0.717, 1.165) is 11.3 Å². The highest BCUT2D eigenvalue weighted by Crippen LogP contribution is 2.18. The lowest BCUT2D eigenvalue weighted by Crippen LogP contribution is -2.21. The maximum Gasteiger partial charge on any atom is 0.390 e. The summed E-state index contributed by atoms with van der Waals surface area (Å²) in [6, 6.07) is 7.19. The van der Waals surface area contributed by atoms with Crippen LogP contribution < -0.4 is 10.1 Å². The minimum atomic E-state index is -4.09. The highest BCUT2D eigenvalue weighted by Gasteiger charge is 2.25. The van der Waals surface area contributed by atoms with Crippen molar-refractivity contribution < 1.29 is 17.9 Å². The Morgan fingerprint density at radius 3 is 2.31 bits per heavy atom. The van der Waals surface area contributed by atoms with Gasteiger partial charge in [-0.1, -0.05) is 12.1 Å². The molecular formula is C11H14F3NO. The largest absolute Gasteiger partial charge is 0.497 e.